The molecule has 3 aromatic rings. The second kappa shape index (κ2) is 8.90. The van der Waals surface area contributed by atoms with Crippen LogP contribution in [0, 0.1) is 0 Å². The number of pyridine rings is 1. The van der Waals surface area contributed by atoms with E-state index in [2.05, 4.69) is 5.32 Å². The first-order chi connectivity index (χ1) is 15.8. The molecule has 0 spiro atoms. The van der Waals surface area contributed by atoms with Gasteiger partial charge in [0, 0.05) is 11.1 Å². The third-order valence-electron chi connectivity index (χ3n) is 4.83. The van der Waals surface area contributed by atoms with Crippen molar-refractivity contribution >= 4 is 29.0 Å². The smallest absolute Gasteiger partial charge is 0.377 e. The van der Waals surface area contributed by atoms with E-state index in [-0.39, 0.29) is 30.3 Å². The first kappa shape index (κ1) is 22.3. The molecule has 3 heterocycles. The predicted octanol–water partition coefficient (Wildman–Crippen LogP) is 3.27. The molecule has 0 saturated carbocycles. The molecule has 1 atom stereocenters. The molecule has 9 nitrogen and oxygen atoms in total. The largest absolute Gasteiger partial charge is 0.477 e. The summed E-state index contributed by atoms with van der Waals surface area (Å²) in [5.74, 6) is -6.35. The first-order valence-electron chi connectivity index (χ1n) is 9.56. The monoisotopic (exact) mass is 477 g/mol. The van der Waals surface area contributed by atoms with Crippen molar-refractivity contribution in [1.82, 2.24) is 9.88 Å². The number of benzene rings is 1. The zero-order valence-corrected chi connectivity index (χ0v) is 17.6. The maximum absolute atomic E-state index is 14.5. The maximum Gasteiger partial charge on any atom is 0.377 e. The molecular formula is C21H17F2N3O6S. The summed E-state index contributed by atoms with van der Waals surface area (Å²) in [6.45, 7) is 0.156. The highest BCUT2D eigenvalue weighted by Crippen LogP contribution is 2.38. The Labute approximate surface area is 189 Å². The minimum Gasteiger partial charge on any atom is -0.477 e. The Morgan fingerprint density at radius 3 is 2.70 bits per heavy atom. The van der Waals surface area contributed by atoms with E-state index >= 15 is 0 Å². The highest BCUT2D eigenvalue weighted by Gasteiger charge is 2.49. The number of hydrogen-bond acceptors (Lipinski definition) is 6. The minimum absolute atomic E-state index is 0.113. The number of ether oxygens (including phenoxy) is 2. The molecular weight excluding hydrogens is 460 g/mol. The lowest BCUT2D eigenvalue weighted by atomic mass is 10.00. The van der Waals surface area contributed by atoms with Gasteiger partial charge in [0.1, 0.15) is 11.7 Å². The fourth-order valence-electron chi connectivity index (χ4n) is 3.22. The van der Waals surface area contributed by atoms with Gasteiger partial charge in [-0.3, -0.25) is 4.79 Å². The Hall–Kier alpha value is -3.93. The molecule has 0 aliphatic carbocycles. The molecule has 12 heteroatoms. The van der Waals surface area contributed by atoms with Gasteiger partial charge in [0.25, 0.3) is 5.56 Å². The Bertz CT molecular complexity index is 1250. The fraction of sp³-hybridized carbons (Fsp3) is 0.190. The lowest BCUT2D eigenvalue weighted by Crippen LogP contribution is -2.47. The molecule has 172 valence electrons. The van der Waals surface area contributed by atoms with Gasteiger partial charge in [-0.05, 0) is 41.3 Å². The summed E-state index contributed by atoms with van der Waals surface area (Å²) in [5, 5.41) is 15.1. The summed E-state index contributed by atoms with van der Waals surface area (Å²) in [6, 6.07) is 6.79. The van der Waals surface area contributed by atoms with Crippen molar-refractivity contribution in [2.24, 2.45) is 0 Å². The van der Waals surface area contributed by atoms with E-state index in [1.165, 1.54) is 52.4 Å². The summed E-state index contributed by atoms with van der Waals surface area (Å²) in [4.78, 5) is 37.3. The van der Waals surface area contributed by atoms with E-state index in [9.17, 15) is 23.2 Å². The maximum atomic E-state index is 14.5. The Morgan fingerprint density at radius 1 is 1.18 bits per heavy atom. The predicted molar refractivity (Wildman–Crippen MR) is 114 cm³/mol. The molecule has 1 aliphatic rings. The number of nitrogens with zero attached hydrogens (tertiary/aromatic N) is 1. The average Bonchev–Trinajstić information content (AvgIpc) is 3.46. The number of thiophene rings is 1. The third kappa shape index (κ3) is 4.65. The van der Waals surface area contributed by atoms with Crippen LogP contribution >= 0.6 is 11.3 Å². The van der Waals surface area contributed by atoms with Crippen molar-refractivity contribution in [2.75, 3.05) is 12.1 Å². The molecule has 0 fully saturated rings. The third-order valence-corrected chi connectivity index (χ3v) is 5.69. The molecule has 1 aliphatic heterocycles. The number of carboxylic acids is 1. The summed E-state index contributed by atoms with van der Waals surface area (Å²) >= 11 is 1.45. The normalized spacial score (nSPS) is 13.4. The van der Waals surface area contributed by atoms with E-state index < -0.39 is 29.5 Å². The van der Waals surface area contributed by atoms with E-state index in [4.69, 9.17) is 14.6 Å². The fourth-order valence-corrected chi connectivity index (χ4v) is 3.92. The van der Waals surface area contributed by atoms with Gasteiger partial charge < -0.3 is 29.8 Å². The van der Waals surface area contributed by atoms with Crippen LogP contribution in [-0.2, 0) is 11.3 Å². The van der Waals surface area contributed by atoms with Gasteiger partial charge in [-0.15, -0.1) is 11.3 Å². The van der Waals surface area contributed by atoms with Gasteiger partial charge in [-0.25, -0.2) is 9.59 Å². The van der Waals surface area contributed by atoms with E-state index in [0.29, 0.717) is 5.75 Å². The number of rotatable bonds is 7. The van der Waals surface area contributed by atoms with Crippen LogP contribution in [-0.4, -0.2) is 34.4 Å². The van der Waals surface area contributed by atoms with Crippen molar-refractivity contribution in [3.8, 4) is 11.5 Å². The number of fused-ring (bicyclic) bond motifs is 1. The molecule has 0 radical (unpaired) electrons. The van der Waals surface area contributed by atoms with Crippen LogP contribution in [0.15, 0.2) is 58.8 Å². The van der Waals surface area contributed by atoms with Crippen LogP contribution in [0.4, 0.5) is 19.3 Å². The van der Waals surface area contributed by atoms with E-state index in [0.717, 1.165) is 4.88 Å². The molecule has 1 aromatic carbocycles. The minimum atomic E-state index is -4.36. The van der Waals surface area contributed by atoms with E-state index in [1.54, 1.807) is 0 Å². The number of carbonyl (C=O) groups excluding carboxylic acids is 1. The van der Waals surface area contributed by atoms with Crippen LogP contribution in [0.3, 0.4) is 0 Å². The van der Waals surface area contributed by atoms with Gasteiger partial charge in [0.05, 0.1) is 6.54 Å². The van der Waals surface area contributed by atoms with Gasteiger partial charge in [-0.1, -0.05) is 12.1 Å². The second-order valence-electron chi connectivity index (χ2n) is 7.01. The van der Waals surface area contributed by atoms with Crippen LogP contribution in [0.25, 0.3) is 0 Å². The van der Waals surface area contributed by atoms with Crippen LogP contribution in [0.5, 0.6) is 11.5 Å². The van der Waals surface area contributed by atoms with Gasteiger partial charge in [0.2, 0.25) is 6.79 Å². The topological polar surface area (TPSA) is 119 Å². The number of aromatic nitrogens is 1. The molecule has 0 saturated heterocycles. The van der Waals surface area contributed by atoms with Crippen LogP contribution < -0.4 is 25.7 Å². The Kier molecular flexibility index (Phi) is 6.01. The van der Waals surface area contributed by atoms with Gasteiger partial charge in [0.15, 0.2) is 11.5 Å². The quantitative estimate of drug-likeness (QED) is 0.481. The average molecular weight is 477 g/mol. The number of carboxylic acid groups (broad SMARTS) is 1. The number of carbonyl (C=O) groups is 2. The number of anilines is 1. The number of hydrogen-bond donors (Lipinski definition) is 3. The highest BCUT2D eigenvalue weighted by molar-refractivity contribution is 7.09. The van der Waals surface area contributed by atoms with Crippen LogP contribution in [0.1, 0.15) is 16.5 Å². The summed E-state index contributed by atoms with van der Waals surface area (Å²) in [6.07, 6.45) is 1.53. The lowest BCUT2D eigenvalue weighted by molar-refractivity contribution is -0.169. The number of halogens is 2. The Morgan fingerprint density at radius 2 is 1.97 bits per heavy atom. The number of amides is 2. The number of aliphatic carboxylic acids is 1. The van der Waals surface area contributed by atoms with Gasteiger partial charge >= 0.3 is 17.9 Å². The summed E-state index contributed by atoms with van der Waals surface area (Å²) in [5.41, 5.74) is -0.926. The molecule has 2 aromatic heterocycles. The zero-order chi connectivity index (χ0) is 23.6. The molecule has 3 N–H and O–H groups in total. The number of alkyl halides is 2. The molecule has 1 unspecified atom stereocenters. The molecule has 0 bridgehead atoms. The van der Waals surface area contributed by atoms with Gasteiger partial charge in [-0.2, -0.15) is 8.78 Å². The van der Waals surface area contributed by atoms with Crippen molar-refractivity contribution in [1.29, 1.82) is 0 Å². The lowest BCUT2D eigenvalue weighted by Gasteiger charge is -2.25. The molecule has 33 heavy (non-hydrogen) atoms. The van der Waals surface area contributed by atoms with Crippen molar-refractivity contribution in [3.63, 3.8) is 0 Å². The van der Waals surface area contributed by atoms with Crippen molar-refractivity contribution < 1.29 is 33.0 Å². The first-order valence-corrected chi connectivity index (χ1v) is 10.4. The zero-order valence-electron chi connectivity index (χ0n) is 16.8. The standard InChI is InChI=1S/C21H17F2N3O6S/c22-21(23,19(28)29)17(12-5-6-15-16(9-12)32-11-31-15)25-20(30)24-14-4-1-7-26(18(14)27)10-13-3-2-8-33-13/h1-9,17H,10-11H2,(H,28,29)(H2,24,25,30). The van der Waals surface area contributed by atoms with Crippen LogP contribution in [0.2, 0.25) is 0 Å². The second-order valence-corrected chi connectivity index (χ2v) is 8.04. The number of urea groups is 1. The van der Waals surface area contributed by atoms with Crippen molar-refractivity contribution in [2.45, 2.75) is 18.5 Å². The van der Waals surface area contributed by atoms with E-state index in [1.807, 2.05) is 22.8 Å². The van der Waals surface area contributed by atoms with Crippen molar-refractivity contribution in [3.05, 3.63) is 74.8 Å². The summed E-state index contributed by atoms with van der Waals surface area (Å²) < 4.78 is 40.7. The summed E-state index contributed by atoms with van der Waals surface area (Å²) in [7, 11) is 0. The number of nitrogens with one attached hydrogen (secondary N) is 2. The SMILES string of the molecule is O=C(Nc1cccn(Cc2cccs2)c1=O)NC(c1ccc2c(c1)OCO2)C(F)(F)C(=O)O. The molecule has 2 amide bonds. The molecule has 4 rings (SSSR count). The highest BCUT2D eigenvalue weighted by atomic mass is 32.1. The Balaban J connectivity index is 1.57.